The molecule has 0 aliphatic carbocycles. The molecular formula is C24H26FN3O5. The van der Waals surface area contributed by atoms with Crippen LogP contribution in [0.2, 0.25) is 0 Å². The molecule has 0 spiro atoms. The van der Waals surface area contributed by atoms with Crippen molar-refractivity contribution in [1.29, 1.82) is 0 Å². The Bertz CT molecular complexity index is 1050. The second-order valence-corrected chi connectivity index (χ2v) is 7.90. The lowest BCUT2D eigenvalue weighted by molar-refractivity contribution is -0.140. The highest BCUT2D eigenvalue weighted by Gasteiger charge is 2.46. The van der Waals surface area contributed by atoms with E-state index in [-0.39, 0.29) is 16.9 Å². The zero-order valence-corrected chi connectivity index (χ0v) is 18.4. The van der Waals surface area contributed by atoms with Gasteiger partial charge in [-0.1, -0.05) is 6.07 Å². The van der Waals surface area contributed by atoms with Gasteiger partial charge in [0, 0.05) is 32.4 Å². The molecule has 1 N–H and O–H groups in total. The van der Waals surface area contributed by atoms with Crippen molar-refractivity contribution in [2.75, 3.05) is 46.5 Å². The number of amides is 1. The van der Waals surface area contributed by atoms with E-state index in [1.54, 1.807) is 24.4 Å². The van der Waals surface area contributed by atoms with Crippen LogP contribution in [0.15, 0.2) is 48.2 Å². The van der Waals surface area contributed by atoms with E-state index >= 15 is 0 Å². The fourth-order valence-corrected chi connectivity index (χ4v) is 4.26. The van der Waals surface area contributed by atoms with E-state index in [1.165, 1.54) is 24.1 Å². The topological polar surface area (TPSA) is 92.2 Å². The fraction of sp³-hybridized carbons (Fsp3) is 0.375. The predicted octanol–water partition coefficient (Wildman–Crippen LogP) is 2.37. The van der Waals surface area contributed by atoms with E-state index in [0.29, 0.717) is 31.9 Å². The van der Waals surface area contributed by atoms with Crippen LogP contribution in [0.5, 0.6) is 5.75 Å². The first-order valence-corrected chi connectivity index (χ1v) is 10.8. The maximum absolute atomic E-state index is 14.0. The number of aromatic nitrogens is 1. The molecule has 2 aromatic rings. The lowest BCUT2D eigenvalue weighted by atomic mass is 9.97. The molecule has 0 saturated carbocycles. The molecule has 2 saturated heterocycles. The number of methoxy groups -OCH3 is 1. The molecule has 1 atom stereocenters. The van der Waals surface area contributed by atoms with E-state index in [0.717, 1.165) is 25.7 Å². The summed E-state index contributed by atoms with van der Waals surface area (Å²) < 4.78 is 24.6. The van der Waals surface area contributed by atoms with Crippen molar-refractivity contribution in [3.63, 3.8) is 0 Å². The first-order valence-electron chi connectivity index (χ1n) is 10.8. The molecule has 0 radical (unpaired) electrons. The van der Waals surface area contributed by atoms with Crippen LogP contribution in [-0.2, 0) is 14.3 Å². The van der Waals surface area contributed by atoms with Crippen molar-refractivity contribution in [3.8, 4) is 5.75 Å². The number of aliphatic hydroxyl groups is 1. The number of aliphatic hydroxyl groups excluding tert-OH is 1. The third-order valence-electron chi connectivity index (χ3n) is 5.90. The standard InChI is InChI=1S/C24H26FN3O5/c1-32-19-7-6-16(25)15-17(19)22(29)20-21(18-5-2-3-8-26-18)28(24(31)23(20)30)10-4-9-27-11-13-33-14-12-27/h2-3,5-8,15,21,29H,4,9-14H2,1H3/t21-/m0/s1. The molecule has 0 unspecified atom stereocenters. The SMILES string of the molecule is COc1ccc(F)cc1C(O)=C1C(=O)C(=O)N(CCCN2CCOCC2)[C@H]1c1ccccn1. The highest BCUT2D eigenvalue weighted by molar-refractivity contribution is 6.46. The average Bonchev–Trinajstić information content (AvgIpc) is 3.10. The third-order valence-corrected chi connectivity index (χ3v) is 5.90. The Morgan fingerprint density at radius 3 is 2.70 bits per heavy atom. The maximum atomic E-state index is 14.0. The van der Waals surface area contributed by atoms with Gasteiger partial charge in [-0.15, -0.1) is 0 Å². The number of hydrogen-bond donors (Lipinski definition) is 1. The lowest BCUT2D eigenvalue weighted by Crippen LogP contribution is -2.39. The van der Waals surface area contributed by atoms with E-state index in [1.807, 2.05) is 0 Å². The number of likely N-dealkylation sites (tertiary alicyclic amines) is 1. The number of ether oxygens (including phenoxy) is 2. The molecule has 1 aromatic heterocycles. The number of ketones is 1. The van der Waals surface area contributed by atoms with Crippen molar-refractivity contribution in [3.05, 3.63) is 65.2 Å². The molecule has 174 valence electrons. The van der Waals surface area contributed by atoms with Gasteiger partial charge in [0.2, 0.25) is 0 Å². The zero-order valence-electron chi connectivity index (χ0n) is 18.4. The lowest BCUT2D eigenvalue weighted by Gasteiger charge is -2.29. The van der Waals surface area contributed by atoms with Crippen LogP contribution in [0, 0.1) is 5.82 Å². The van der Waals surface area contributed by atoms with Crippen LogP contribution in [0.3, 0.4) is 0 Å². The van der Waals surface area contributed by atoms with Crippen molar-refractivity contribution < 1.29 is 28.6 Å². The zero-order chi connectivity index (χ0) is 23.4. The van der Waals surface area contributed by atoms with Gasteiger partial charge in [0.25, 0.3) is 11.7 Å². The number of pyridine rings is 1. The Morgan fingerprint density at radius 1 is 1.21 bits per heavy atom. The number of rotatable bonds is 7. The normalized spacial score (nSPS) is 20.9. The van der Waals surface area contributed by atoms with Gasteiger partial charge < -0.3 is 19.5 Å². The van der Waals surface area contributed by atoms with E-state index in [9.17, 15) is 19.1 Å². The van der Waals surface area contributed by atoms with Gasteiger partial charge in [-0.3, -0.25) is 19.5 Å². The summed E-state index contributed by atoms with van der Waals surface area (Å²) in [5, 5.41) is 11.1. The van der Waals surface area contributed by atoms with E-state index in [4.69, 9.17) is 9.47 Å². The molecule has 2 aliphatic heterocycles. The van der Waals surface area contributed by atoms with Gasteiger partial charge in [-0.25, -0.2) is 4.39 Å². The Morgan fingerprint density at radius 2 is 2.00 bits per heavy atom. The summed E-state index contributed by atoms with van der Waals surface area (Å²) in [5.74, 6) is -2.46. The number of nitrogens with zero attached hydrogens (tertiary/aromatic N) is 3. The molecule has 1 aromatic carbocycles. The minimum absolute atomic E-state index is 0.00440. The molecule has 2 aliphatic rings. The molecule has 4 rings (SSSR count). The Kier molecular flexibility index (Phi) is 7.00. The first kappa shape index (κ1) is 22.9. The summed E-state index contributed by atoms with van der Waals surface area (Å²) >= 11 is 0. The summed E-state index contributed by atoms with van der Waals surface area (Å²) in [4.78, 5) is 34.1. The van der Waals surface area contributed by atoms with Gasteiger partial charge >= 0.3 is 0 Å². The van der Waals surface area contributed by atoms with Crippen molar-refractivity contribution in [2.45, 2.75) is 12.5 Å². The summed E-state index contributed by atoms with van der Waals surface area (Å²) in [5.41, 5.74) is 0.318. The van der Waals surface area contributed by atoms with Crippen LogP contribution < -0.4 is 4.74 Å². The van der Waals surface area contributed by atoms with Crippen LogP contribution in [0.1, 0.15) is 23.7 Å². The van der Waals surface area contributed by atoms with Gasteiger partial charge in [-0.05, 0) is 36.8 Å². The van der Waals surface area contributed by atoms with Crippen molar-refractivity contribution >= 4 is 17.4 Å². The van der Waals surface area contributed by atoms with Crippen LogP contribution in [0.4, 0.5) is 4.39 Å². The summed E-state index contributed by atoms with van der Waals surface area (Å²) in [6, 6.07) is 7.91. The Labute approximate surface area is 191 Å². The number of Topliss-reactive ketones (excluding diaryl/α,β-unsaturated/α-hetero) is 1. The number of carbonyl (C=O) groups excluding carboxylic acids is 2. The first-order chi connectivity index (χ1) is 16.0. The monoisotopic (exact) mass is 455 g/mol. The molecule has 8 nitrogen and oxygen atoms in total. The van der Waals surface area contributed by atoms with Crippen LogP contribution in [-0.4, -0.2) is 78.1 Å². The van der Waals surface area contributed by atoms with Gasteiger partial charge in [-0.2, -0.15) is 0 Å². The van der Waals surface area contributed by atoms with Gasteiger partial charge in [0.05, 0.1) is 37.2 Å². The van der Waals surface area contributed by atoms with Crippen molar-refractivity contribution in [1.82, 2.24) is 14.8 Å². The van der Waals surface area contributed by atoms with Crippen LogP contribution in [0.25, 0.3) is 5.76 Å². The molecule has 0 bridgehead atoms. The molecular weight excluding hydrogens is 429 g/mol. The average molecular weight is 455 g/mol. The van der Waals surface area contributed by atoms with Gasteiger partial charge in [0.15, 0.2) is 0 Å². The van der Waals surface area contributed by atoms with Crippen LogP contribution >= 0.6 is 0 Å². The number of carbonyl (C=O) groups is 2. The molecule has 33 heavy (non-hydrogen) atoms. The number of benzene rings is 1. The number of morpholine rings is 1. The minimum Gasteiger partial charge on any atom is -0.507 e. The van der Waals surface area contributed by atoms with E-state index in [2.05, 4.69) is 9.88 Å². The minimum atomic E-state index is -0.885. The fourth-order valence-electron chi connectivity index (χ4n) is 4.26. The quantitative estimate of drug-likeness (QED) is 0.389. The smallest absolute Gasteiger partial charge is 0.295 e. The summed E-state index contributed by atoms with van der Waals surface area (Å²) in [7, 11) is 1.38. The Balaban J connectivity index is 1.70. The maximum Gasteiger partial charge on any atom is 0.295 e. The Hall–Kier alpha value is -3.30. The highest BCUT2D eigenvalue weighted by Crippen LogP contribution is 2.40. The number of halogens is 1. The summed E-state index contributed by atoms with van der Waals surface area (Å²) in [6.45, 7) is 4.05. The molecule has 1 amide bonds. The third kappa shape index (κ3) is 4.74. The van der Waals surface area contributed by atoms with Gasteiger partial charge in [0.1, 0.15) is 23.4 Å². The van der Waals surface area contributed by atoms with E-state index < -0.39 is 29.3 Å². The predicted molar refractivity (Wildman–Crippen MR) is 118 cm³/mol. The second kappa shape index (κ2) is 10.1. The number of hydrogen-bond acceptors (Lipinski definition) is 7. The molecule has 9 heteroatoms. The second-order valence-electron chi connectivity index (χ2n) is 7.90. The summed E-state index contributed by atoms with van der Waals surface area (Å²) in [6.07, 6.45) is 2.20. The largest absolute Gasteiger partial charge is 0.507 e. The highest BCUT2D eigenvalue weighted by atomic mass is 19.1. The molecule has 3 heterocycles. The molecule has 2 fully saturated rings. The van der Waals surface area contributed by atoms with Crippen molar-refractivity contribution in [2.24, 2.45) is 0 Å².